The molecule has 1 aliphatic carbocycles. The van der Waals surface area contributed by atoms with Crippen molar-refractivity contribution in [2.24, 2.45) is 10.9 Å². The number of carbonyl (C=O) groups is 1. The molecule has 1 saturated carbocycles. The number of allylic oxidation sites excluding steroid dienone is 9. The number of aliphatic imine (C=N–C) groups is 1. The van der Waals surface area contributed by atoms with Crippen molar-refractivity contribution in [3.05, 3.63) is 95.4 Å². The molecule has 158 valence electrons. The Morgan fingerprint density at radius 2 is 2.10 bits per heavy atom. The maximum Gasteiger partial charge on any atom is 0.336 e. The number of aliphatic carboxylic acids is 1. The second kappa shape index (κ2) is 11.8. The number of hydrogen-bond acceptors (Lipinski definition) is 4. The molecule has 0 saturated heterocycles. The summed E-state index contributed by atoms with van der Waals surface area (Å²) in [7, 11) is 0. The van der Waals surface area contributed by atoms with Gasteiger partial charge in [0.1, 0.15) is 0 Å². The second-order valence-electron chi connectivity index (χ2n) is 6.77. The van der Waals surface area contributed by atoms with Crippen molar-refractivity contribution >= 4 is 23.6 Å². The lowest BCUT2D eigenvalue weighted by Crippen LogP contribution is -2.25. The number of nitrogens with one attached hydrogen (secondary N) is 1. The van der Waals surface area contributed by atoms with E-state index in [0.29, 0.717) is 29.6 Å². The predicted molar refractivity (Wildman–Crippen MR) is 123 cm³/mol. The Morgan fingerprint density at radius 1 is 1.33 bits per heavy atom. The summed E-state index contributed by atoms with van der Waals surface area (Å²) in [5, 5.41) is 12.9. The number of halogens is 1. The molecule has 0 amide bonds. The molecular formula is C24H27ClN2O3. The molecule has 0 radical (unpaired) electrons. The number of carboxylic acid groups (broad SMARTS) is 1. The molecule has 30 heavy (non-hydrogen) atoms. The van der Waals surface area contributed by atoms with E-state index >= 15 is 0 Å². The fourth-order valence-corrected chi connectivity index (χ4v) is 2.83. The topological polar surface area (TPSA) is 70.9 Å². The predicted octanol–water partition coefficient (Wildman–Crippen LogP) is 5.19. The van der Waals surface area contributed by atoms with Gasteiger partial charge in [-0.1, -0.05) is 61.2 Å². The van der Waals surface area contributed by atoms with Gasteiger partial charge in [0.25, 0.3) is 6.02 Å². The highest BCUT2D eigenvalue weighted by Crippen LogP contribution is 2.30. The average Bonchev–Trinajstić information content (AvgIpc) is 3.54. The Bertz CT molecular complexity index is 897. The largest absolute Gasteiger partial charge is 0.478 e. The van der Waals surface area contributed by atoms with Crippen LogP contribution in [0.25, 0.3) is 0 Å². The van der Waals surface area contributed by atoms with Crippen LogP contribution in [0.1, 0.15) is 19.8 Å². The minimum absolute atomic E-state index is 0.0961. The van der Waals surface area contributed by atoms with Crippen molar-refractivity contribution in [2.45, 2.75) is 19.8 Å². The van der Waals surface area contributed by atoms with Crippen LogP contribution < -0.4 is 5.32 Å². The van der Waals surface area contributed by atoms with Gasteiger partial charge >= 0.3 is 5.97 Å². The van der Waals surface area contributed by atoms with E-state index < -0.39 is 5.97 Å². The molecule has 2 N–H and O–H groups in total. The molecule has 0 aromatic heterocycles. The first-order valence-corrected chi connectivity index (χ1v) is 10.1. The Morgan fingerprint density at radius 3 is 2.73 bits per heavy atom. The Balaban J connectivity index is 2.13. The van der Waals surface area contributed by atoms with E-state index in [1.54, 1.807) is 13.0 Å². The van der Waals surface area contributed by atoms with Gasteiger partial charge in [-0.05, 0) is 54.6 Å². The van der Waals surface area contributed by atoms with Gasteiger partial charge in [0.15, 0.2) is 0 Å². The van der Waals surface area contributed by atoms with Gasteiger partial charge in [-0.3, -0.25) is 0 Å². The monoisotopic (exact) mass is 426 g/mol. The molecule has 0 atom stereocenters. The van der Waals surface area contributed by atoms with Crippen molar-refractivity contribution < 1.29 is 14.6 Å². The highest BCUT2D eigenvalue weighted by atomic mass is 35.5. The van der Waals surface area contributed by atoms with Gasteiger partial charge in [0.2, 0.25) is 0 Å². The van der Waals surface area contributed by atoms with Crippen LogP contribution in [0.3, 0.4) is 0 Å². The molecule has 0 spiro atoms. The third-order valence-corrected chi connectivity index (χ3v) is 4.87. The first-order chi connectivity index (χ1) is 14.5. The van der Waals surface area contributed by atoms with Crippen LogP contribution in [0.15, 0.2) is 100 Å². The van der Waals surface area contributed by atoms with Crippen LogP contribution in [0.5, 0.6) is 0 Å². The molecule has 6 heteroatoms. The third-order valence-electron chi connectivity index (χ3n) is 4.51. The van der Waals surface area contributed by atoms with Gasteiger partial charge in [0, 0.05) is 11.6 Å². The number of rotatable bonds is 8. The lowest BCUT2D eigenvalue weighted by atomic mass is 10.0. The van der Waals surface area contributed by atoms with Crippen molar-refractivity contribution in [1.29, 1.82) is 0 Å². The lowest BCUT2D eigenvalue weighted by molar-refractivity contribution is -0.132. The Labute approximate surface area is 182 Å². The highest BCUT2D eigenvalue weighted by molar-refractivity contribution is 6.32. The van der Waals surface area contributed by atoms with E-state index in [1.807, 2.05) is 24.3 Å². The molecule has 1 aliphatic heterocycles. The summed E-state index contributed by atoms with van der Waals surface area (Å²) in [5.74, 6) is -0.362. The number of amidine groups is 1. The molecule has 1 heterocycles. The Hall–Kier alpha value is -3.05. The minimum Gasteiger partial charge on any atom is -0.478 e. The van der Waals surface area contributed by atoms with Crippen LogP contribution in [-0.4, -0.2) is 30.2 Å². The Kier molecular flexibility index (Phi) is 9.16. The fraction of sp³-hybridized carbons (Fsp3) is 0.250. The van der Waals surface area contributed by atoms with Crippen LogP contribution in [0.4, 0.5) is 0 Å². The van der Waals surface area contributed by atoms with E-state index in [4.69, 9.17) is 16.3 Å². The maximum atomic E-state index is 11.3. The van der Waals surface area contributed by atoms with E-state index in [1.165, 1.54) is 31.3 Å². The van der Waals surface area contributed by atoms with Gasteiger partial charge in [0.05, 0.1) is 18.4 Å². The van der Waals surface area contributed by atoms with Crippen LogP contribution in [-0.2, 0) is 9.53 Å². The van der Waals surface area contributed by atoms with E-state index in [9.17, 15) is 9.90 Å². The molecule has 1 fully saturated rings. The first-order valence-electron chi connectivity index (χ1n) is 9.71. The summed E-state index contributed by atoms with van der Waals surface area (Å²) in [5.41, 5.74) is 2.41. The van der Waals surface area contributed by atoms with Crippen molar-refractivity contribution in [1.82, 2.24) is 5.32 Å². The van der Waals surface area contributed by atoms with Crippen LogP contribution in [0.2, 0.25) is 0 Å². The summed E-state index contributed by atoms with van der Waals surface area (Å²) in [6, 6.07) is 0.267. The maximum absolute atomic E-state index is 11.3. The summed E-state index contributed by atoms with van der Waals surface area (Å²) in [6.07, 6.45) is 18.4. The quantitative estimate of drug-likeness (QED) is 0.318. The number of ether oxygens (including phenoxy) is 1. The van der Waals surface area contributed by atoms with Crippen molar-refractivity contribution in [3.8, 4) is 0 Å². The van der Waals surface area contributed by atoms with Gasteiger partial charge < -0.3 is 15.2 Å². The van der Waals surface area contributed by atoms with E-state index in [0.717, 1.165) is 11.1 Å². The molecule has 2 rings (SSSR count). The van der Waals surface area contributed by atoms with Crippen molar-refractivity contribution in [2.75, 3.05) is 13.1 Å². The average molecular weight is 427 g/mol. The molecular weight excluding hydrogens is 400 g/mol. The SMILES string of the molecule is C=CC(=C\C=C\C1CC1)/C1=C/CN=C(O/C=C/C(C(=O)O)=C(/C)C=C)NC/C=C\1Cl. The van der Waals surface area contributed by atoms with E-state index in [2.05, 4.69) is 29.5 Å². The summed E-state index contributed by atoms with van der Waals surface area (Å²) in [4.78, 5) is 15.7. The zero-order valence-electron chi connectivity index (χ0n) is 17.1. The van der Waals surface area contributed by atoms with Crippen LogP contribution >= 0.6 is 11.6 Å². The van der Waals surface area contributed by atoms with Gasteiger partial charge in [-0.15, -0.1) is 0 Å². The summed E-state index contributed by atoms with van der Waals surface area (Å²) >= 11 is 6.49. The first kappa shape index (κ1) is 23.2. The fourth-order valence-electron chi connectivity index (χ4n) is 2.57. The number of nitrogens with zero attached hydrogens (tertiary/aromatic N) is 1. The number of hydrogen-bond donors (Lipinski definition) is 2. The zero-order valence-corrected chi connectivity index (χ0v) is 17.9. The molecule has 0 unspecified atom stereocenters. The smallest absolute Gasteiger partial charge is 0.336 e. The molecule has 0 bridgehead atoms. The summed E-state index contributed by atoms with van der Waals surface area (Å²) < 4.78 is 5.48. The molecule has 0 aromatic rings. The van der Waals surface area contributed by atoms with Crippen LogP contribution in [0, 0.1) is 5.92 Å². The number of carboxylic acids is 1. The van der Waals surface area contributed by atoms with Gasteiger partial charge in [-0.25, -0.2) is 9.79 Å². The normalized spacial score (nSPS) is 22.3. The second-order valence-corrected chi connectivity index (χ2v) is 7.18. The zero-order chi connectivity index (χ0) is 21.9. The molecule has 0 aromatic carbocycles. The third kappa shape index (κ3) is 7.41. The van der Waals surface area contributed by atoms with E-state index in [-0.39, 0.29) is 11.6 Å². The summed E-state index contributed by atoms with van der Waals surface area (Å²) in [6.45, 7) is 9.88. The molecule has 5 nitrogen and oxygen atoms in total. The van der Waals surface area contributed by atoms with Crippen molar-refractivity contribution in [3.63, 3.8) is 0 Å². The van der Waals surface area contributed by atoms with Gasteiger partial charge in [-0.2, -0.15) is 0 Å². The standard InChI is InChI=1S/C24H27ClN2O3/c1-4-17(3)20(23(28)29)13-16-30-24-26-14-11-21(22(25)12-15-27-24)19(5-2)8-6-7-18-9-10-18/h4-8,11-13,16,18H,1-2,9-10,14-15H2,3H3,(H,26,27)(H,28,29)/b7-6+,16-13+,19-8+,20-17+,21-11-,22-12+. The minimum atomic E-state index is -1.06. The highest BCUT2D eigenvalue weighted by Gasteiger charge is 2.16. The lowest BCUT2D eigenvalue weighted by Gasteiger charge is -2.07. The molecule has 2 aliphatic rings.